The molecule has 8 nitrogen and oxygen atoms in total. The highest BCUT2D eigenvalue weighted by Crippen LogP contribution is 2.40. The fraction of sp³-hybridized carbons (Fsp3) is 0.333. The number of pyridine rings is 2. The van der Waals surface area contributed by atoms with Gasteiger partial charge < -0.3 is 24.1 Å². The number of hydrogen-bond acceptors (Lipinski definition) is 7. The highest BCUT2D eigenvalue weighted by Gasteiger charge is 2.24. The highest BCUT2D eigenvalue weighted by atomic mass is 32.2. The van der Waals surface area contributed by atoms with Crippen LogP contribution in [-0.2, 0) is 17.9 Å². The van der Waals surface area contributed by atoms with E-state index in [1.54, 1.807) is 37.5 Å². The number of fused-ring (bicyclic) bond motifs is 1. The smallest absolute Gasteiger partial charge is 0.306 e. The molecule has 0 amide bonds. The van der Waals surface area contributed by atoms with Crippen molar-refractivity contribution in [2.24, 2.45) is 7.05 Å². The van der Waals surface area contributed by atoms with Crippen molar-refractivity contribution in [2.45, 2.75) is 4.90 Å². The van der Waals surface area contributed by atoms with Gasteiger partial charge in [-0.2, -0.15) is 0 Å². The van der Waals surface area contributed by atoms with Crippen LogP contribution in [0.1, 0.15) is 0 Å². The van der Waals surface area contributed by atoms with Crippen molar-refractivity contribution in [3.05, 3.63) is 40.8 Å². The standard InChI is InChI=1S/C21H24N2O6S/c1-23-20-14(7-6-8-22-20)17(24)19(21(23)25)30(5)10-9-29-13-11-15(26-2)18(28-4)16(12-13)27-3/h6-8,11-12H,9-10H2,1-5H3. The Kier molecular flexibility index (Phi) is 6.61. The van der Waals surface area contributed by atoms with Gasteiger partial charge >= 0.3 is 5.56 Å². The molecule has 1 unspecified atom stereocenters. The van der Waals surface area contributed by atoms with E-state index in [0.717, 1.165) is 0 Å². The quantitative estimate of drug-likeness (QED) is 0.500. The summed E-state index contributed by atoms with van der Waals surface area (Å²) in [6.45, 7) is 0.311. The van der Waals surface area contributed by atoms with E-state index >= 15 is 0 Å². The van der Waals surface area contributed by atoms with Crippen LogP contribution < -0.4 is 29.6 Å². The second-order valence-corrected chi connectivity index (χ2v) is 8.54. The average molecular weight is 432 g/mol. The number of nitrogens with zero attached hydrogens (tertiary/aromatic N) is 2. The van der Waals surface area contributed by atoms with Crippen molar-refractivity contribution >= 4 is 21.9 Å². The summed E-state index contributed by atoms with van der Waals surface area (Å²) in [6, 6.07) is 6.79. The van der Waals surface area contributed by atoms with Crippen LogP contribution in [0.3, 0.4) is 0 Å². The molecule has 3 rings (SSSR count). The van der Waals surface area contributed by atoms with Crippen molar-refractivity contribution in [3.63, 3.8) is 0 Å². The highest BCUT2D eigenvalue weighted by molar-refractivity contribution is 7.96. The minimum absolute atomic E-state index is 0.264. The molecule has 1 atom stereocenters. The van der Waals surface area contributed by atoms with Crippen molar-refractivity contribution in [3.8, 4) is 28.7 Å². The van der Waals surface area contributed by atoms with Gasteiger partial charge in [-0.25, -0.2) is 4.98 Å². The van der Waals surface area contributed by atoms with Crippen LogP contribution in [0.2, 0.25) is 0 Å². The third-order valence-corrected chi connectivity index (χ3v) is 6.54. The summed E-state index contributed by atoms with van der Waals surface area (Å²) in [6.07, 6.45) is 3.44. The van der Waals surface area contributed by atoms with Gasteiger partial charge in [0, 0.05) is 41.7 Å². The van der Waals surface area contributed by atoms with Crippen LogP contribution in [0.25, 0.3) is 11.0 Å². The van der Waals surface area contributed by atoms with Gasteiger partial charge in [0.1, 0.15) is 30.0 Å². The maximum Gasteiger partial charge on any atom is 0.306 e. The lowest BCUT2D eigenvalue weighted by molar-refractivity contribution is -0.270. The van der Waals surface area contributed by atoms with Crippen LogP contribution in [0.5, 0.6) is 28.7 Å². The van der Waals surface area contributed by atoms with Crippen molar-refractivity contribution in [1.82, 2.24) is 9.55 Å². The molecule has 160 valence electrons. The number of methoxy groups -OCH3 is 3. The zero-order valence-corrected chi connectivity index (χ0v) is 18.4. The Morgan fingerprint density at radius 1 is 1.13 bits per heavy atom. The predicted molar refractivity (Wildman–Crippen MR) is 114 cm³/mol. The topological polar surface area (TPSA) is 94.9 Å². The van der Waals surface area contributed by atoms with Crippen LogP contribution in [-0.4, -0.2) is 49.5 Å². The second kappa shape index (κ2) is 9.17. The van der Waals surface area contributed by atoms with Gasteiger partial charge in [0.25, 0.3) is 0 Å². The fourth-order valence-corrected chi connectivity index (χ4v) is 4.54. The molecule has 0 saturated heterocycles. The Balaban J connectivity index is 1.80. The molecule has 2 aromatic heterocycles. The summed E-state index contributed by atoms with van der Waals surface area (Å²) in [5.41, 5.74) is 0.0757. The summed E-state index contributed by atoms with van der Waals surface area (Å²) in [5, 5.41) is 13.3. The lowest BCUT2D eigenvalue weighted by atomic mass is 10.2. The molecule has 9 heteroatoms. The maximum absolute atomic E-state index is 12.9. The van der Waals surface area contributed by atoms with E-state index in [9.17, 15) is 9.90 Å². The van der Waals surface area contributed by atoms with Crippen LogP contribution in [0, 0.1) is 0 Å². The van der Waals surface area contributed by atoms with E-state index in [1.807, 2.05) is 6.26 Å². The number of aryl methyl sites for hydroxylation is 1. The molecule has 0 aliphatic carbocycles. The Labute approximate surface area is 177 Å². The molecule has 3 aromatic rings. The van der Waals surface area contributed by atoms with E-state index in [2.05, 4.69) is 4.98 Å². The van der Waals surface area contributed by atoms with E-state index in [4.69, 9.17) is 18.9 Å². The summed E-state index contributed by atoms with van der Waals surface area (Å²) in [7, 11) is 5.62. The van der Waals surface area contributed by atoms with Crippen molar-refractivity contribution < 1.29 is 24.1 Å². The van der Waals surface area contributed by atoms with Crippen molar-refractivity contribution in [2.75, 3.05) is 39.9 Å². The number of ether oxygens (including phenoxy) is 4. The minimum Gasteiger partial charge on any atom is -0.868 e. The first-order valence-electron chi connectivity index (χ1n) is 9.13. The molecule has 30 heavy (non-hydrogen) atoms. The molecule has 0 radical (unpaired) electrons. The van der Waals surface area contributed by atoms with Gasteiger partial charge in [-0.05, 0) is 11.8 Å². The minimum atomic E-state index is -0.603. The largest absolute Gasteiger partial charge is 0.868 e. The molecular weight excluding hydrogens is 408 g/mol. The molecule has 0 fully saturated rings. The van der Waals surface area contributed by atoms with Gasteiger partial charge in [0.15, 0.2) is 11.5 Å². The summed E-state index contributed by atoms with van der Waals surface area (Å²) >= 11 is 0. The molecule has 0 aliphatic rings. The van der Waals surface area contributed by atoms with Gasteiger partial charge in [-0.1, -0.05) is 6.07 Å². The van der Waals surface area contributed by atoms with Crippen LogP contribution >= 0.6 is 0 Å². The SMILES string of the molecule is COc1cc(OCC[S+](C)c2c([O-])c3cccnc3n(C)c2=O)cc(OC)c1OC. The van der Waals surface area contributed by atoms with Gasteiger partial charge in [-0.3, -0.25) is 9.36 Å². The maximum atomic E-state index is 12.9. The summed E-state index contributed by atoms with van der Waals surface area (Å²) in [4.78, 5) is 17.2. The lowest BCUT2D eigenvalue weighted by Gasteiger charge is -2.17. The molecule has 0 N–H and O–H groups in total. The van der Waals surface area contributed by atoms with Gasteiger partial charge in [0.05, 0.1) is 21.3 Å². The lowest BCUT2D eigenvalue weighted by Crippen LogP contribution is -2.29. The monoisotopic (exact) mass is 432 g/mol. The molecule has 0 spiro atoms. The fourth-order valence-electron chi connectivity index (χ4n) is 3.14. The molecule has 0 bridgehead atoms. The predicted octanol–water partition coefficient (Wildman–Crippen LogP) is 1.72. The van der Waals surface area contributed by atoms with Crippen LogP contribution in [0.4, 0.5) is 0 Å². The zero-order valence-electron chi connectivity index (χ0n) is 17.6. The Bertz CT molecular complexity index is 1090. The Morgan fingerprint density at radius 2 is 1.80 bits per heavy atom. The van der Waals surface area contributed by atoms with E-state index < -0.39 is 10.9 Å². The second-order valence-electron chi connectivity index (χ2n) is 6.45. The van der Waals surface area contributed by atoms with Crippen molar-refractivity contribution in [1.29, 1.82) is 0 Å². The number of benzene rings is 1. The molecule has 0 saturated carbocycles. The molecular formula is C21H24N2O6S. The molecule has 2 heterocycles. The normalized spacial score (nSPS) is 11.9. The first-order valence-corrected chi connectivity index (χ1v) is 10.9. The van der Waals surface area contributed by atoms with Gasteiger partial charge in [0.2, 0.25) is 10.6 Å². The van der Waals surface area contributed by atoms with Gasteiger partial charge in [-0.15, -0.1) is 0 Å². The summed E-state index contributed by atoms with van der Waals surface area (Å²) < 4.78 is 23.2. The number of rotatable bonds is 8. The first-order chi connectivity index (χ1) is 14.4. The Morgan fingerprint density at radius 3 is 2.40 bits per heavy atom. The van der Waals surface area contributed by atoms with Crippen LogP contribution in [0.15, 0.2) is 40.2 Å². The number of hydrogen-bond donors (Lipinski definition) is 0. The Hall–Kier alpha value is -3.07. The zero-order chi connectivity index (χ0) is 21.8. The number of aromatic nitrogens is 2. The molecule has 1 aromatic carbocycles. The van der Waals surface area contributed by atoms with E-state index in [-0.39, 0.29) is 16.2 Å². The van der Waals surface area contributed by atoms with E-state index in [0.29, 0.717) is 46.4 Å². The first kappa shape index (κ1) is 21.6. The third kappa shape index (κ3) is 3.97. The molecule has 0 aliphatic heterocycles. The average Bonchev–Trinajstić information content (AvgIpc) is 2.76. The van der Waals surface area contributed by atoms with E-state index in [1.165, 1.54) is 25.9 Å². The third-order valence-electron chi connectivity index (χ3n) is 4.70. The summed E-state index contributed by atoms with van der Waals surface area (Å²) in [5.74, 6) is 2.23.